The van der Waals surface area contributed by atoms with Crippen molar-refractivity contribution in [2.24, 2.45) is 11.8 Å². The minimum absolute atomic E-state index is 0.0489. The van der Waals surface area contributed by atoms with Crippen LogP contribution in [-0.4, -0.2) is 9.97 Å². The van der Waals surface area contributed by atoms with Gasteiger partial charge in [-0.2, -0.15) is 0 Å². The van der Waals surface area contributed by atoms with Crippen LogP contribution < -0.4 is 5.56 Å². The fourth-order valence-electron chi connectivity index (χ4n) is 3.20. The lowest BCUT2D eigenvalue weighted by atomic mass is 9.76. The predicted octanol–water partition coefficient (Wildman–Crippen LogP) is 3.57. The number of nitrogens with one attached hydrogen (secondary N) is 1. The number of hydrogen-bond donors (Lipinski definition) is 1. The van der Waals surface area contributed by atoms with Crippen LogP contribution in [0.3, 0.4) is 0 Å². The van der Waals surface area contributed by atoms with Crippen LogP contribution in [0.2, 0.25) is 0 Å². The molecule has 1 heterocycles. The van der Waals surface area contributed by atoms with Crippen LogP contribution in [0.1, 0.15) is 69.5 Å². The minimum atomic E-state index is 0.0489. The van der Waals surface area contributed by atoms with Gasteiger partial charge in [-0.3, -0.25) is 4.79 Å². The molecule has 3 nitrogen and oxygen atoms in total. The average molecular weight is 262 g/mol. The zero-order valence-electron chi connectivity index (χ0n) is 12.6. The van der Waals surface area contributed by atoms with Crippen LogP contribution in [-0.2, 0) is 6.42 Å². The van der Waals surface area contributed by atoms with Gasteiger partial charge in [-0.15, -0.1) is 0 Å². The quantitative estimate of drug-likeness (QED) is 0.905. The second kappa shape index (κ2) is 5.89. The predicted molar refractivity (Wildman–Crippen MR) is 78.5 cm³/mol. The van der Waals surface area contributed by atoms with Crippen LogP contribution in [0.25, 0.3) is 0 Å². The SMILES string of the molecule is CCc1nc(C2CCC(C(C)C)CC2)[nH]c(=O)c1C. The third-order valence-electron chi connectivity index (χ3n) is 4.71. The summed E-state index contributed by atoms with van der Waals surface area (Å²) in [6.45, 7) is 8.55. The Morgan fingerprint density at radius 1 is 1.26 bits per heavy atom. The van der Waals surface area contributed by atoms with Crippen molar-refractivity contribution in [3.63, 3.8) is 0 Å². The third-order valence-corrected chi connectivity index (χ3v) is 4.71. The van der Waals surface area contributed by atoms with Crippen molar-refractivity contribution in [1.29, 1.82) is 0 Å². The number of aryl methyl sites for hydroxylation is 1. The Bertz CT molecular complexity index is 482. The summed E-state index contributed by atoms with van der Waals surface area (Å²) in [5.74, 6) is 3.00. The van der Waals surface area contributed by atoms with Gasteiger partial charge in [0.25, 0.3) is 5.56 Å². The van der Waals surface area contributed by atoms with Crippen molar-refractivity contribution >= 4 is 0 Å². The first-order valence-electron chi connectivity index (χ1n) is 7.62. The molecule has 2 rings (SSSR count). The van der Waals surface area contributed by atoms with Crippen LogP contribution >= 0.6 is 0 Å². The molecule has 1 aliphatic rings. The normalized spacial score (nSPS) is 23.8. The van der Waals surface area contributed by atoms with Crippen molar-refractivity contribution in [1.82, 2.24) is 9.97 Å². The highest BCUT2D eigenvalue weighted by Crippen LogP contribution is 2.37. The van der Waals surface area contributed by atoms with E-state index in [9.17, 15) is 4.79 Å². The highest BCUT2D eigenvalue weighted by Gasteiger charge is 2.26. The summed E-state index contributed by atoms with van der Waals surface area (Å²) in [7, 11) is 0. The Morgan fingerprint density at radius 2 is 1.89 bits per heavy atom. The molecule has 1 aromatic heterocycles. The van der Waals surface area contributed by atoms with Crippen molar-refractivity contribution < 1.29 is 0 Å². The highest BCUT2D eigenvalue weighted by atomic mass is 16.1. The van der Waals surface area contributed by atoms with E-state index in [4.69, 9.17) is 0 Å². The van der Waals surface area contributed by atoms with Crippen molar-refractivity contribution in [2.75, 3.05) is 0 Å². The molecular formula is C16H26N2O. The first kappa shape index (κ1) is 14.3. The lowest BCUT2D eigenvalue weighted by molar-refractivity contribution is 0.254. The van der Waals surface area contributed by atoms with Gasteiger partial charge in [0.1, 0.15) is 5.82 Å². The topological polar surface area (TPSA) is 45.8 Å². The fraction of sp³-hybridized carbons (Fsp3) is 0.750. The molecular weight excluding hydrogens is 236 g/mol. The standard InChI is InChI=1S/C16H26N2O/c1-5-14-11(4)16(19)18-15(17-14)13-8-6-12(7-9-13)10(2)3/h10,12-13H,5-9H2,1-4H3,(H,17,18,19). The van der Waals surface area contributed by atoms with Gasteiger partial charge in [0, 0.05) is 11.5 Å². The molecule has 1 aliphatic carbocycles. The molecule has 1 fully saturated rings. The van der Waals surface area contributed by atoms with Gasteiger partial charge >= 0.3 is 0 Å². The molecule has 1 aromatic rings. The monoisotopic (exact) mass is 262 g/mol. The summed E-state index contributed by atoms with van der Waals surface area (Å²) in [6, 6.07) is 0. The molecule has 1 saturated carbocycles. The summed E-state index contributed by atoms with van der Waals surface area (Å²) in [5, 5.41) is 0. The zero-order valence-corrected chi connectivity index (χ0v) is 12.6. The average Bonchev–Trinajstić information content (AvgIpc) is 2.41. The highest BCUT2D eigenvalue weighted by molar-refractivity contribution is 5.17. The first-order valence-corrected chi connectivity index (χ1v) is 7.62. The molecule has 106 valence electrons. The van der Waals surface area contributed by atoms with Crippen molar-refractivity contribution in [3.05, 3.63) is 27.4 Å². The van der Waals surface area contributed by atoms with E-state index < -0.39 is 0 Å². The molecule has 0 spiro atoms. The molecule has 0 atom stereocenters. The zero-order chi connectivity index (χ0) is 14.0. The summed E-state index contributed by atoms with van der Waals surface area (Å²) in [6.07, 6.45) is 5.70. The van der Waals surface area contributed by atoms with E-state index >= 15 is 0 Å². The van der Waals surface area contributed by atoms with Gasteiger partial charge in [-0.1, -0.05) is 20.8 Å². The van der Waals surface area contributed by atoms with E-state index in [1.165, 1.54) is 12.8 Å². The van der Waals surface area contributed by atoms with Gasteiger partial charge in [0.15, 0.2) is 0 Å². The molecule has 1 N–H and O–H groups in total. The molecule has 0 bridgehead atoms. The second-order valence-corrected chi connectivity index (χ2v) is 6.23. The molecule has 0 radical (unpaired) electrons. The maximum atomic E-state index is 11.9. The number of H-pyrrole nitrogens is 1. The van der Waals surface area contributed by atoms with E-state index in [-0.39, 0.29) is 5.56 Å². The van der Waals surface area contributed by atoms with Crippen LogP contribution in [0, 0.1) is 18.8 Å². The van der Waals surface area contributed by atoms with E-state index in [1.807, 2.05) is 6.92 Å². The number of rotatable bonds is 3. The molecule has 0 amide bonds. The summed E-state index contributed by atoms with van der Waals surface area (Å²) >= 11 is 0. The van der Waals surface area contributed by atoms with Gasteiger partial charge in [-0.25, -0.2) is 4.98 Å². The number of nitrogens with zero attached hydrogens (tertiary/aromatic N) is 1. The Labute approximate surface area is 115 Å². The number of hydrogen-bond acceptors (Lipinski definition) is 2. The summed E-state index contributed by atoms with van der Waals surface area (Å²) in [5.41, 5.74) is 1.79. The molecule has 0 aliphatic heterocycles. The number of aromatic amines is 1. The summed E-state index contributed by atoms with van der Waals surface area (Å²) in [4.78, 5) is 19.6. The molecule has 0 saturated heterocycles. The lowest BCUT2D eigenvalue weighted by Gasteiger charge is -2.30. The fourth-order valence-corrected chi connectivity index (χ4v) is 3.20. The maximum Gasteiger partial charge on any atom is 0.254 e. The Kier molecular flexibility index (Phi) is 4.43. The molecule has 0 aromatic carbocycles. The van der Waals surface area contributed by atoms with Crippen molar-refractivity contribution in [2.45, 2.75) is 65.7 Å². The largest absolute Gasteiger partial charge is 0.310 e. The third kappa shape index (κ3) is 3.07. The number of aromatic nitrogens is 2. The minimum Gasteiger partial charge on any atom is -0.310 e. The molecule has 19 heavy (non-hydrogen) atoms. The van der Waals surface area contributed by atoms with Crippen LogP contribution in [0.15, 0.2) is 4.79 Å². The molecule has 0 unspecified atom stereocenters. The van der Waals surface area contributed by atoms with Gasteiger partial charge in [-0.05, 0) is 50.9 Å². The molecule has 3 heteroatoms. The smallest absolute Gasteiger partial charge is 0.254 e. The van der Waals surface area contributed by atoms with E-state index in [2.05, 4.69) is 30.7 Å². The van der Waals surface area contributed by atoms with Gasteiger partial charge < -0.3 is 4.98 Å². The van der Waals surface area contributed by atoms with Gasteiger partial charge in [0.2, 0.25) is 0 Å². The van der Waals surface area contributed by atoms with E-state index in [0.29, 0.717) is 5.92 Å². The Morgan fingerprint density at radius 3 is 2.42 bits per heavy atom. The lowest BCUT2D eigenvalue weighted by Crippen LogP contribution is -2.23. The summed E-state index contributed by atoms with van der Waals surface area (Å²) < 4.78 is 0. The van der Waals surface area contributed by atoms with Crippen LogP contribution in [0.5, 0.6) is 0 Å². The van der Waals surface area contributed by atoms with Crippen LogP contribution in [0.4, 0.5) is 0 Å². The van der Waals surface area contributed by atoms with Gasteiger partial charge in [0.05, 0.1) is 5.69 Å². The first-order chi connectivity index (χ1) is 9.02. The van der Waals surface area contributed by atoms with E-state index in [1.54, 1.807) is 0 Å². The maximum absolute atomic E-state index is 11.9. The van der Waals surface area contributed by atoms with E-state index in [0.717, 1.165) is 48.2 Å². The van der Waals surface area contributed by atoms with Crippen molar-refractivity contribution in [3.8, 4) is 0 Å². The Hall–Kier alpha value is -1.12. The second-order valence-electron chi connectivity index (χ2n) is 6.23. The Balaban J connectivity index is 2.16.